The minimum atomic E-state index is -0.511. The molecule has 7 heteroatoms. The quantitative estimate of drug-likeness (QED) is 0.764. The molecular weight excluding hydrogens is 328 g/mol. The number of halogens is 3. The van der Waals surface area contributed by atoms with Crippen molar-refractivity contribution in [2.75, 3.05) is 5.32 Å². The molecule has 4 nitrogen and oxygen atoms in total. The van der Waals surface area contributed by atoms with E-state index in [2.05, 4.69) is 10.3 Å². The number of hydrogen-bond donors (Lipinski definition) is 1. The van der Waals surface area contributed by atoms with Gasteiger partial charge in [0, 0.05) is 7.05 Å². The first-order chi connectivity index (χ1) is 10.5. The lowest BCUT2D eigenvalue weighted by Gasteiger charge is -2.12. The third-order valence-corrected chi connectivity index (χ3v) is 3.95. The Labute approximate surface area is 135 Å². The monoisotopic (exact) mass is 337 g/mol. The van der Waals surface area contributed by atoms with Crippen LogP contribution in [-0.4, -0.2) is 9.55 Å². The van der Waals surface area contributed by atoms with Gasteiger partial charge in [-0.25, -0.2) is 9.37 Å². The van der Waals surface area contributed by atoms with E-state index in [0.29, 0.717) is 11.2 Å². The Kier molecular flexibility index (Phi) is 3.76. The van der Waals surface area contributed by atoms with Crippen molar-refractivity contribution in [2.24, 2.45) is 7.05 Å². The van der Waals surface area contributed by atoms with Gasteiger partial charge in [0.15, 0.2) is 0 Å². The fourth-order valence-corrected chi connectivity index (χ4v) is 2.60. The number of para-hydroxylation sites is 1. The summed E-state index contributed by atoms with van der Waals surface area (Å²) in [5.74, 6) is -0.511. The third-order valence-electron chi connectivity index (χ3n) is 3.25. The maximum absolute atomic E-state index is 13.9. The van der Waals surface area contributed by atoms with Crippen LogP contribution in [0, 0.1) is 5.82 Å². The van der Waals surface area contributed by atoms with E-state index in [9.17, 15) is 9.18 Å². The van der Waals surface area contributed by atoms with Crippen molar-refractivity contribution < 1.29 is 4.39 Å². The number of nitrogens with one attached hydrogen (secondary N) is 1. The average Bonchev–Trinajstić information content (AvgIpc) is 2.49. The summed E-state index contributed by atoms with van der Waals surface area (Å²) < 4.78 is 15.2. The molecule has 0 bridgehead atoms. The normalized spacial score (nSPS) is 10.9. The van der Waals surface area contributed by atoms with Crippen LogP contribution in [0.1, 0.15) is 0 Å². The summed E-state index contributed by atoms with van der Waals surface area (Å²) >= 11 is 12.3. The molecule has 0 amide bonds. The lowest BCUT2D eigenvalue weighted by atomic mass is 10.2. The highest BCUT2D eigenvalue weighted by atomic mass is 35.5. The van der Waals surface area contributed by atoms with E-state index in [1.54, 1.807) is 25.2 Å². The molecule has 22 heavy (non-hydrogen) atoms. The number of hydrogen-bond acceptors (Lipinski definition) is 3. The number of benzene rings is 2. The van der Waals surface area contributed by atoms with Gasteiger partial charge in [-0.3, -0.25) is 4.79 Å². The van der Waals surface area contributed by atoms with Gasteiger partial charge in [-0.2, -0.15) is 0 Å². The molecule has 0 fully saturated rings. The van der Waals surface area contributed by atoms with E-state index < -0.39 is 5.82 Å². The molecule has 0 saturated carbocycles. The van der Waals surface area contributed by atoms with Gasteiger partial charge in [0.05, 0.1) is 38.7 Å². The van der Waals surface area contributed by atoms with Gasteiger partial charge in [0.1, 0.15) is 5.82 Å². The second kappa shape index (κ2) is 5.59. The van der Waals surface area contributed by atoms with Crippen molar-refractivity contribution in [3.05, 3.63) is 62.9 Å². The van der Waals surface area contributed by atoms with E-state index in [1.165, 1.54) is 23.0 Å². The Morgan fingerprint density at radius 2 is 2.00 bits per heavy atom. The number of rotatable bonds is 2. The highest BCUT2D eigenvalue weighted by Gasteiger charge is 2.14. The number of anilines is 2. The largest absolute Gasteiger partial charge is 0.351 e. The molecule has 0 aliphatic carbocycles. The highest BCUT2D eigenvalue weighted by Crippen LogP contribution is 2.34. The van der Waals surface area contributed by atoms with Crippen molar-refractivity contribution >= 4 is 45.5 Å². The van der Waals surface area contributed by atoms with Gasteiger partial charge < -0.3 is 9.88 Å². The summed E-state index contributed by atoms with van der Waals surface area (Å²) in [6.45, 7) is 0. The highest BCUT2D eigenvalue weighted by molar-refractivity contribution is 6.38. The molecule has 1 heterocycles. The van der Waals surface area contributed by atoms with E-state index in [-0.39, 0.29) is 26.7 Å². The molecule has 3 aromatic rings. The minimum absolute atomic E-state index is 0.103. The van der Waals surface area contributed by atoms with Gasteiger partial charge in [0.25, 0.3) is 5.56 Å². The molecule has 0 aliphatic heterocycles. The van der Waals surface area contributed by atoms with Gasteiger partial charge in [-0.15, -0.1) is 0 Å². The van der Waals surface area contributed by atoms with E-state index >= 15 is 0 Å². The number of aromatic nitrogens is 2. The lowest BCUT2D eigenvalue weighted by Crippen LogP contribution is -2.17. The fraction of sp³-hybridized carbons (Fsp3) is 0.0667. The SMILES string of the molecule is Cn1cnc2ccc(Nc3c(F)cccc3Cl)c(Cl)c2c1=O. The molecule has 0 atom stereocenters. The summed E-state index contributed by atoms with van der Waals surface area (Å²) in [5, 5.41) is 3.49. The average molecular weight is 338 g/mol. The van der Waals surface area contributed by atoms with Crippen LogP contribution in [-0.2, 0) is 7.05 Å². The molecule has 3 rings (SSSR count). The van der Waals surface area contributed by atoms with Gasteiger partial charge >= 0.3 is 0 Å². The van der Waals surface area contributed by atoms with Crippen molar-refractivity contribution in [3.63, 3.8) is 0 Å². The van der Waals surface area contributed by atoms with Gasteiger partial charge in [0.2, 0.25) is 0 Å². The van der Waals surface area contributed by atoms with Crippen LogP contribution in [0.2, 0.25) is 10.0 Å². The van der Waals surface area contributed by atoms with E-state index in [4.69, 9.17) is 23.2 Å². The van der Waals surface area contributed by atoms with Gasteiger partial charge in [-0.1, -0.05) is 29.3 Å². The molecule has 0 aliphatic rings. The van der Waals surface area contributed by atoms with Crippen molar-refractivity contribution in [2.45, 2.75) is 0 Å². The number of fused-ring (bicyclic) bond motifs is 1. The predicted octanol–water partition coefficient (Wildman–Crippen LogP) is 4.12. The van der Waals surface area contributed by atoms with Gasteiger partial charge in [-0.05, 0) is 24.3 Å². The predicted molar refractivity (Wildman–Crippen MR) is 86.7 cm³/mol. The van der Waals surface area contributed by atoms with Crippen molar-refractivity contribution in [1.82, 2.24) is 9.55 Å². The van der Waals surface area contributed by atoms with Crippen LogP contribution in [0.15, 0.2) is 41.5 Å². The van der Waals surface area contributed by atoms with Crippen LogP contribution < -0.4 is 10.9 Å². The molecular formula is C15H10Cl2FN3O. The molecule has 1 N–H and O–H groups in total. The Morgan fingerprint density at radius 1 is 1.23 bits per heavy atom. The smallest absolute Gasteiger partial charge is 0.262 e. The Balaban J connectivity index is 2.19. The summed E-state index contributed by atoms with van der Waals surface area (Å²) in [4.78, 5) is 16.3. The molecule has 0 spiro atoms. The lowest BCUT2D eigenvalue weighted by molar-refractivity contribution is 0.632. The molecule has 0 radical (unpaired) electrons. The molecule has 1 aromatic heterocycles. The Bertz CT molecular complexity index is 920. The molecule has 112 valence electrons. The number of aryl methyl sites for hydroxylation is 1. The second-order valence-electron chi connectivity index (χ2n) is 4.70. The Morgan fingerprint density at radius 3 is 2.73 bits per heavy atom. The Hall–Kier alpha value is -2.11. The second-order valence-corrected chi connectivity index (χ2v) is 5.49. The standard InChI is InChI=1S/C15H10Cl2FN3O/c1-21-7-19-10-5-6-11(13(17)12(10)15(21)22)20-14-8(16)3-2-4-9(14)18/h2-7,20H,1H3. The van der Waals surface area contributed by atoms with Crippen LogP contribution >= 0.6 is 23.2 Å². The topological polar surface area (TPSA) is 46.9 Å². The van der Waals surface area contributed by atoms with E-state index in [1.807, 2.05) is 0 Å². The summed E-state index contributed by atoms with van der Waals surface area (Å²) in [6, 6.07) is 7.61. The summed E-state index contributed by atoms with van der Waals surface area (Å²) in [6.07, 6.45) is 1.42. The molecule has 2 aromatic carbocycles. The zero-order valence-corrected chi connectivity index (χ0v) is 12.9. The minimum Gasteiger partial charge on any atom is -0.351 e. The van der Waals surface area contributed by atoms with Crippen molar-refractivity contribution in [1.29, 1.82) is 0 Å². The molecule has 0 saturated heterocycles. The van der Waals surface area contributed by atoms with Crippen molar-refractivity contribution in [3.8, 4) is 0 Å². The maximum atomic E-state index is 13.9. The zero-order chi connectivity index (χ0) is 15.9. The maximum Gasteiger partial charge on any atom is 0.262 e. The van der Waals surface area contributed by atoms with Crippen LogP contribution in [0.5, 0.6) is 0 Å². The zero-order valence-electron chi connectivity index (χ0n) is 11.4. The summed E-state index contributed by atoms with van der Waals surface area (Å²) in [7, 11) is 1.58. The van der Waals surface area contributed by atoms with Crippen LogP contribution in [0.4, 0.5) is 15.8 Å². The van der Waals surface area contributed by atoms with E-state index in [0.717, 1.165) is 0 Å². The fourth-order valence-electron chi connectivity index (χ4n) is 2.10. The summed E-state index contributed by atoms with van der Waals surface area (Å²) in [5.41, 5.74) is 0.675. The number of nitrogens with zero attached hydrogens (tertiary/aromatic N) is 2. The first kappa shape index (κ1) is 14.8. The third kappa shape index (κ3) is 2.42. The first-order valence-corrected chi connectivity index (χ1v) is 7.09. The first-order valence-electron chi connectivity index (χ1n) is 6.34. The molecule has 0 unspecified atom stereocenters. The van der Waals surface area contributed by atoms with Crippen LogP contribution in [0.3, 0.4) is 0 Å². The van der Waals surface area contributed by atoms with Crippen LogP contribution in [0.25, 0.3) is 10.9 Å².